The van der Waals surface area contributed by atoms with Crippen LogP contribution in [0.25, 0.3) is 0 Å². The largest absolute Gasteiger partial charge is 0.316 e. The van der Waals surface area contributed by atoms with Gasteiger partial charge in [0.2, 0.25) is 0 Å². The molecular formula is C11H17BrN2O2S2. The topological polar surface area (TPSA) is 49.4 Å². The summed E-state index contributed by atoms with van der Waals surface area (Å²) < 4.78 is 27.9. The molecule has 18 heavy (non-hydrogen) atoms. The first-order chi connectivity index (χ1) is 8.45. The monoisotopic (exact) mass is 352 g/mol. The molecule has 1 N–H and O–H groups in total. The third-order valence-corrected chi connectivity index (χ3v) is 7.67. The summed E-state index contributed by atoms with van der Waals surface area (Å²) in [5.41, 5.74) is 0.973. The molecule has 0 aliphatic carbocycles. The van der Waals surface area contributed by atoms with Gasteiger partial charge in [-0.15, -0.1) is 11.3 Å². The molecule has 1 saturated heterocycles. The van der Waals surface area contributed by atoms with E-state index in [2.05, 4.69) is 21.2 Å². The van der Waals surface area contributed by atoms with Crippen molar-refractivity contribution in [3.05, 3.63) is 15.4 Å². The molecule has 0 radical (unpaired) electrons. The van der Waals surface area contributed by atoms with Crippen molar-refractivity contribution in [2.45, 2.75) is 30.0 Å². The molecule has 0 spiro atoms. The fourth-order valence-corrected chi connectivity index (χ4v) is 5.99. The Morgan fingerprint density at radius 1 is 1.56 bits per heavy atom. The minimum Gasteiger partial charge on any atom is -0.316 e. The molecule has 2 rings (SSSR count). The zero-order chi connectivity index (χ0) is 13.3. The Bertz CT molecular complexity index is 508. The zero-order valence-electron chi connectivity index (χ0n) is 10.4. The number of aryl methyl sites for hydroxylation is 1. The Morgan fingerprint density at radius 3 is 2.83 bits per heavy atom. The molecule has 0 saturated carbocycles. The van der Waals surface area contributed by atoms with E-state index in [1.54, 1.807) is 10.4 Å². The Balaban J connectivity index is 2.25. The summed E-state index contributed by atoms with van der Waals surface area (Å²) in [6, 6.07) is 2.01. The van der Waals surface area contributed by atoms with Crippen molar-refractivity contribution in [1.29, 1.82) is 0 Å². The number of sulfonamides is 1. The van der Waals surface area contributed by atoms with Crippen molar-refractivity contribution in [2.24, 2.45) is 0 Å². The van der Waals surface area contributed by atoms with Gasteiger partial charge in [0.15, 0.2) is 0 Å². The Hall–Kier alpha value is 0.0500. The lowest BCUT2D eigenvalue weighted by atomic mass is 10.1. The Morgan fingerprint density at radius 2 is 2.28 bits per heavy atom. The molecule has 2 heterocycles. The second-order valence-electron chi connectivity index (χ2n) is 4.51. The van der Waals surface area contributed by atoms with Gasteiger partial charge in [-0.1, -0.05) is 0 Å². The van der Waals surface area contributed by atoms with Gasteiger partial charge in [0, 0.05) is 19.1 Å². The van der Waals surface area contributed by atoms with E-state index in [9.17, 15) is 8.42 Å². The molecule has 0 unspecified atom stereocenters. The van der Waals surface area contributed by atoms with Crippen LogP contribution in [-0.4, -0.2) is 38.9 Å². The number of piperidine rings is 1. The van der Waals surface area contributed by atoms with Crippen molar-refractivity contribution in [1.82, 2.24) is 9.62 Å². The van der Waals surface area contributed by atoms with Crippen molar-refractivity contribution >= 4 is 37.3 Å². The summed E-state index contributed by atoms with van der Waals surface area (Å²) in [6.07, 6.45) is 1.95. The van der Waals surface area contributed by atoms with Crippen LogP contribution in [0, 0.1) is 6.92 Å². The van der Waals surface area contributed by atoms with E-state index in [4.69, 9.17) is 0 Å². The van der Waals surface area contributed by atoms with E-state index in [-0.39, 0.29) is 6.04 Å². The molecule has 1 aliphatic heterocycles. The minimum absolute atomic E-state index is 0.262. The van der Waals surface area contributed by atoms with Crippen LogP contribution in [0.1, 0.15) is 18.4 Å². The Kier molecular flexibility index (Phi) is 4.48. The summed E-state index contributed by atoms with van der Waals surface area (Å²) in [5, 5.41) is 3.16. The van der Waals surface area contributed by atoms with Crippen molar-refractivity contribution in [2.75, 3.05) is 20.1 Å². The third kappa shape index (κ3) is 2.80. The number of nitrogens with zero attached hydrogens (tertiary/aromatic N) is 1. The lowest BCUT2D eigenvalue weighted by molar-refractivity contribution is 0.293. The average molecular weight is 353 g/mol. The summed E-state index contributed by atoms with van der Waals surface area (Å²) in [4.78, 5) is 0. The van der Waals surface area contributed by atoms with Crippen molar-refractivity contribution in [3.8, 4) is 0 Å². The molecule has 1 fully saturated rings. The van der Waals surface area contributed by atoms with Crippen LogP contribution in [0.3, 0.4) is 0 Å². The van der Waals surface area contributed by atoms with Gasteiger partial charge in [-0.25, -0.2) is 8.42 Å². The lowest BCUT2D eigenvalue weighted by Crippen LogP contribution is -2.46. The molecule has 4 nitrogen and oxygen atoms in total. The zero-order valence-corrected chi connectivity index (χ0v) is 13.7. The number of rotatable bonds is 3. The van der Waals surface area contributed by atoms with Gasteiger partial charge >= 0.3 is 0 Å². The van der Waals surface area contributed by atoms with Crippen molar-refractivity contribution in [3.63, 3.8) is 0 Å². The van der Waals surface area contributed by atoms with Crippen LogP contribution < -0.4 is 5.32 Å². The second-order valence-corrected chi connectivity index (χ2v) is 9.05. The molecule has 7 heteroatoms. The number of thiophene rings is 1. The SMILES string of the molecule is CN[C@@H]1CCCN(S(=O)(=O)c2cc(C)c(Br)s2)C1. The molecular weight excluding hydrogens is 336 g/mol. The highest BCUT2D eigenvalue weighted by Gasteiger charge is 2.31. The van der Waals surface area contributed by atoms with Gasteiger partial charge in [0.05, 0.1) is 3.79 Å². The number of hydrogen-bond acceptors (Lipinski definition) is 4. The number of nitrogens with one attached hydrogen (secondary N) is 1. The molecule has 0 amide bonds. The van der Waals surface area contributed by atoms with Gasteiger partial charge in [-0.05, 0) is 54.4 Å². The maximum atomic E-state index is 12.5. The number of halogens is 1. The summed E-state index contributed by atoms with van der Waals surface area (Å²) in [6.45, 7) is 3.09. The number of likely N-dealkylation sites (N-methyl/N-ethyl adjacent to an activating group) is 1. The van der Waals surface area contributed by atoms with Gasteiger partial charge < -0.3 is 5.32 Å². The van der Waals surface area contributed by atoms with Crippen LogP contribution in [0.15, 0.2) is 14.1 Å². The van der Waals surface area contributed by atoms with Crippen LogP contribution in [0.4, 0.5) is 0 Å². The summed E-state index contributed by atoms with van der Waals surface area (Å²) in [7, 11) is -1.44. The van der Waals surface area contributed by atoms with Crippen LogP contribution in [0.5, 0.6) is 0 Å². The first-order valence-corrected chi connectivity index (χ1v) is 8.93. The van der Waals surface area contributed by atoms with Crippen molar-refractivity contribution < 1.29 is 8.42 Å². The lowest BCUT2D eigenvalue weighted by Gasteiger charge is -2.31. The van der Waals surface area contributed by atoms with E-state index in [0.717, 1.165) is 22.2 Å². The van der Waals surface area contributed by atoms with Gasteiger partial charge in [0.25, 0.3) is 10.0 Å². The Labute approximate surface area is 121 Å². The quantitative estimate of drug-likeness (QED) is 0.906. The van der Waals surface area contributed by atoms with Crippen LogP contribution in [0.2, 0.25) is 0 Å². The third-order valence-electron chi connectivity index (χ3n) is 3.22. The molecule has 102 valence electrons. The average Bonchev–Trinajstić information content (AvgIpc) is 2.70. The van der Waals surface area contributed by atoms with Crippen LogP contribution >= 0.6 is 27.3 Å². The summed E-state index contributed by atoms with van der Waals surface area (Å²) >= 11 is 4.67. The maximum absolute atomic E-state index is 12.5. The van der Waals surface area contributed by atoms with E-state index >= 15 is 0 Å². The normalized spacial score (nSPS) is 22.3. The van der Waals surface area contributed by atoms with Crippen LogP contribution in [-0.2, 0) is 10.0 Å². The molecule has 1 aliphatic rings. The fourth-order valence-electron chi connectivity index (χ4n) is 2.08. The maximum Gasteiger partial charge on any atom is 0.252 e. The standard InChI is InChI=1S/C11H17BrN2O2S2/c1-8-6-10(17-11(8)12)18(15,16)14-5-3-4-9(7-14)13-2/h6,9,13H,3-5,7H2,1-2H3/t9-/m1/s1. The molecule has 1 atom stereocenters. The van der Waals surface area contributed by atoms with Gasteiger partial charge in [0.1, 0.15) is 4.21 Å². The molecule has 0 aromatic carbocycles. The minimum atomic E-state index is -3.32. The summed E-state index contributed by atoms with van der Waals surface area (Å²) in [5.74, 6) is 0. The predicted molar refractivity (Wildman–Crippen MR) is 77.6 cm³/mol. The van der Waals surface area contributed by atoms with Gasteiger partial charge in [-0.3, -0.25) is 0 Å². The predicted octanol–water partition coefficient (Wildman–Crippen LogP) is 2.19. The molecule has 1 aromatic heterocycles. The highest BCUT2D eigenvalue weighted by Crippen LogP contribution is 2.33. The highest BCUT2D eigenvalue weighted by molar-refractivity contribution is 9.11. The molecule has 0 bridgehead atoms. The number of hydrogen-bond donors (Lipinski definition) is 1. The molecule has 1 aromatic rings. The van der Waals surface area contributed by atoms with E-state index in [1.165, 1.54) is 11.3 Å². The highest BCUT2D eigenvalue weighted by atomic mass is 79.9. The first kappa shape index (κ1) is 14.5. The fraction of sp³-hybridized carbons (Fsp3) is 0.636. The van der Waals surface area contributed by atoms with E-state index in [0.29, 0.717) is 17.3 Å². The first-order valence-electron chi connectivity index (χ1n) is 5.88. The second kappa shape index (κ2) is 5.58. The smallest absolute Gasteiger partial charge is 0.252 e. The van der Waals surface area contributed by atoms with E-state index in [1.807, 2.05) is 14.0 Å². The van der Waals surface area contributed by atoms with E-state index < -0.39 is 10.0 Å². The van der Waals surface area contributed by atoms with Gasteiger partial charge in [-0.2, -0.15) is 4.31 Å².